The number of aliphatic hydroxyl groups is 1. The number of methoxy groups -OCH3 is 1. The van der Waals surface area contributed by atoms with Gasteiger partial charge in [-0.3, -0.25) is 4.79 Å². The number of esters is 1. The molecule has 1 aromatic rings. The standard InChI is InChI=1S/C20H26O4/c1-20-8-7-14-13-6-4-12(21)9-11(13)3-5-15(14)17(20)10-16(18(20)22)19(23)24-2/h4,6,9,14-18,21-22H,3,5,7-8,10H2,1-2H3/t14?,15?,16-,17?,18-,20-/m0/s1. The van der Waals surface area contributed by atoms with Gasteiger partial charge in [-0.15, -0.1) is 0 Å². The maximum absolute atomic E-state index is 12.1. The van der Waals surface area contributed by atoms with Crippen LogP contribution in [-0.4, -0.2) is 29.4 Å². The molecule has 4 nitrogen and oxygen atoms in total. The first-order valence-electron chi connectivity index (χ1n) is 9.03. The van der Waals surface area contributed by atoms with Gasteiger partial charge in [-0.2, -0.15) is 0 Å². The van der Waals surface area contributed by atoms with Gasteiger partial charge in [0.2, 0.25) is 0 Å². The van der Waals surface area contributed by atoms with Crippen molar-refractivity contribution < 1.29 is 19.7 Å². The highest BCUT2D eigenvalue weighted by Gasteiger charge is 2.59. The van der Waals surface area contributed by atoms with Gasteiger partial charge >= 0.3 is 5.97 Å². The second-order valence-corrected chi connectivity index (χ2v) is 8.15. The SMILES string of the molecule is COC(=O)[C@H]1CC2C3CCc4cc(O)ccc4C3CC[C@]2(C)[C@H]1O. The van der Waals surface area contributed by atoms with E-state index in [9.17, 15) is 15.0 Å². The molecule has 3 aliphatic rings. The Morgan fingerprint density at radius 2 is 2.12 bits per heavy atom. The monoisotopic (exact) mass is 330 g/mol. The Kier molecular flexibility index (Phi) is 3.64. The molecule has 0 aromatic heterocycles. The van der Waals surface area contributed by atoms with E-state index in [2.05, 4.69) is 13.0 Å². The zero-order valence-electron chi connectivity index (χ0n) is 14.4. The van der Waals surface area contributed by atoms with Crippen molar-refractivity contribution in [3.8, 4) is 5.75 Å². The van der Waals surface area contributed by atoms with Gasteiger partial charge in [-0.1, -0.05) is 13.0 Å². The molecule has 0 spiro atoms. The summed E-state index contributed by atoms with van der Waals surface area (Å²) in [6, 6.07) is 5.77. The van der Waals surface area contributed by atoms with Crippen molar-refractivity contribution in [2.24, 2.45) is 23.2 Å². The number of phenols is 1. The van der Waals surface area contributed by atoms with Crippen LogP contribution in [0.4, 0.5) is 0 Å². The van der Waals surface area contributed by atoms with E-state index >= 15 is 0 Å². The smallest absolute Gasteiger partial charge is 0.311 e. The third kappa shape index (κ3) is 2.12. The van der Waals surface area contributed by atoms with Crippen LogP contribution in [0.3, 0.4) is 0 Å². The summed E-state index contributed by atoms with van der Waals surface area (Å²) in [5.41, 5.74) is 2.44. The molecule has 4 heteroatoms. The molecule has 2 fully saturated rings. The molecule has 6 atom stereocenters. The number of hydrogen-bond acceptors (Lipinski definition) is 4. The minimum Gasteiger partial charge on any atom is -0.508 e. The summed E-state index contributed by atoms with van der Waals surface area (Å²) in [5.74, 6) is 1.04. The van der Waals surface area contributed by atoms with Crippen molar-refractivity contribution in [3.63, 3.8) is 0 Å². The van der Waals surface area contributed by atoms with Crippen LogP contribution >= 0.6 is 0 Å². The molecule has 0 radical (unpaired) electrons. The van der Waals surface area contributed by atoms with Gasteiger partial charge in [0, 0.05) is 0 Å². The van der Waals surface area contributed by atoms with Gasteiger partial charge in [0.25, 0.3) is 0 Å². The molecule has 4 rings (SSSR count). The fraction of sp³-hybridized carbons (Fsp3) is 0.650. The molecular weight excluding hydrogens is 304 g/mol. The number of ether oxygens (including phenoxy) is 1. The summed E-state index contributed by atoms with van der Waals surface area (Å²) in [6.45, 7) is 2.16. The van der Waals surface area contributed by atoms with Crippen LogP contribution in [-0.2, 0) is 16.0 Å². The van der Waals surface area contributed by atoms with Crippen molar-refractivity contribution in [1.29, 1.82) is 0 Å². The van der Waals surface area contributed by atoms with Crippen molar-refractivity contribution in [2.75, 3.05) is 7.11 Å². The largest absolute Gasteiger partial charge is 0.508 e. The Morgan fingerprint density at radius 3 is 2.88 bits per heavy atom. The van der Waals surface area contributed by atoms with Crippen molar-refractivity contribution in [1.82, 2.24) is 0 Å². The molecule has 3 aliphatic carbocycles. The fourth-order valence-electron chi connectivity index (χ4n) is 5.97. The van der Waals surface area contributed by atoms with Crippen LogP contribution in [0.1, 0.15) is 49.7 Å². The zero-order chi connectivity index (χ0) is 17.1. The van der Waals surface area contributed by atoms with E-state index in [0.717, 1.165) is 32.1 Å². The Bertz CT molecular complexity index is 670. The third-order valence-electron chi connectivity index (χ3n) is 7.22. The molecule has 24 heavy (non-hydrogen) atoms. The minimum absolute atomic E-state index is 0.186. The number of rotatable bonds is 1. The molecule has 0 bridgehead atoms. The number of aliphatic hydroxyl groups excluding tert-OH is 1. The quantitative estimate of drug-likeness (QED) is 0.777. The van der Waals surface area contributed by atoms with E-state index < -0.39 is 6.10 Å². The molecule has 1 aromatic carbocycles. The highest BCUT2D eigenvalue weighted by Crippen LogP contribution is 2.62. The molecule has 0 heterocycles. The Labute approximate surface area is 142 Å². The first kappa shape index (κ1) is 15.9. The van der Waals surface area contributed by atoms with Gasteiger partial charge < -0.3 is 14.9 Å². The Morgan fingerprint density at radius 1 is 1.33 bits per heavy atom. The van der Waals surface area contributed by atoms with Gasteiger partial charge in [-0.25, -0.2) is 0 Å². The number of aromatic hydroxyl groups is 1. The average molecular weight is 330 g/mol. The number of aryl methyl sites for hydroxylation is 1. The first-order chi connectivity index (χ1) is 11.5. The molecule has 3 unspecified atom stereocenters. The lowest BCUT2D eigenvalue weighted by atomic mass is 9.55. The topological polar surface area (TPSA) is 66.8 Å². The van der Waals surface area contributed by atoms with Crippen LogP contribution in [0.5, 0.6) is 5.75 Å². The molecule has 2 saturated carbocycles. The van der Waals surface area contributed by atoms with E-state index in [1.54, 1.807) is 6.07 Å². The van der Waals surface area contributed by atoms with Crippen LogP contribution in [0.25, 0.3) is 0 Å². The Hall–Kier alpha value is -1.55. The highest BCUT2D eigenvalue weighted by atomic mass is 16.5. The van der Waals surface area contributed by atoms with Crippen LogP contribution in [0.2, 0.25) is 0 Å². The summed E-state index contributed by atoms with van der Waals surface area (Å²) in [5, 5.41) is 20.6. The molecule has 0 amide bonds. The van der Waals surface area contributed by atoms with E-state index in [4.69, 9.17) is 4.74 Å². The number of phenolic OH excluding ortho intramolecular Hbond substituents is 1. The average Bonchev–Trinajstić information content (AvgIpc) is 2.85. The molecule has 2 N–H and O–H groups in total. The number of fused-ring (bicyclic) bond motifs is 5. The lowest BCUT2D eigenvalue weighted by Gasteiger charge is -2.50. The summed E-state index contributed by atoms with van der Waals surface area (Å²) in [6.07, 6.45) is 4.16. The predicted octanol–water partition coefficient (Wildman–Crippen LogP) is 3.01. The number of hydrogen-bond donors (Lipinski definition) is 2. The first-order valence-corrected chi connectivity index (χ1v) is 9.03. The van der Waals surface area contributed by atoms with Gasteiger partial charge in [0.1, 0.15) is 5.75 Å². The van der Waals surface area contributed by atoms with Crippen molar-refractivity contribution in [2.45, 2.75) is 51.0 Å². The van der Waals surface area contributed by atoms with E-state index in [1.165, 1.54) is 18.2 Å². The van der Waals surface area contributed by atoms with Gasteiger partial charge in [0.15, 0.2) is 0 Å². The van der Waals surface area contributed by atoms with Crippen molar-refractivity contribution >= 4 is 5.97 Å². The van der Waals surface area contributed by atoms with Crippen molar-refractivity contribution in [3.05, 3.63) is 29.3 Å². The van der Waals surface area contributed by atoms with Crippen LogP contribution < -0.4 is 0 Å². The highest BCUT2D eigenvalue weighted by molar-refractivity contribution is 5.73. The fourth-order valence-corrected chi connectivity index (χ4v) is 5.97. The molecule has 0 aliphatic heterocycles. The maximum Gasteiger partial charge on any atom is 0.311 e. The summed E-state index contributed by atoms with van der Waals surface area (Å²) in [7, 11) is 1.41. The summed E-state index contributed by atoms with van der Waals surface area (Å²) >= 11 is 0. The summed E-state index contributed by atoms with van der Waals surface area (Å²) in [4.78, 5) is 12.1. The van der Waals surface area contributed by atoms with Gasteiger partial charge in [0.05, 0.1) is 19.1 Å². The normalized spacial score (nSPS) is 40.4. The van der Waals surface area contributed by atoms with E-state index in [-0.39, 0.29) is 17.3 Å². The molecule has 0 saturated heterocycles. The Balaban J connectivity index is 1.67. The van der Waals surface area contributed by atoms with Crippen LogP contribution in [0, 0.1) is 23.2 Å². The number of carbonyl (C=O) groups excluding carboxylic acids is 1. The van der Waals surface area contributed by atoms with E-state index in [1.807, 2.05) is 6.07 Å². The number of carbonyl (C=O) groups is 1. The minimum atomic E-state index is -0.600. The van der Waals surface area contributed by atoms with E-state index in [0.29, 0.717) is 23.5 Å². The summed E-state index contributed by atoms with van der Waals surface area (Å²) < 4.78 is 4.93. The van der Waals surface area contributed by atoms with Crippen LogP contribution in [0.15, 0.2) is 18.2 Å². The zero-order valence-corrected chi connectivity index (χ0v) is 14.4. The second-order valence-electron chi connectivity index (χ2n) is 8.15. The number of benzene rings is 1. The van der Waals surface area contributed by atoms with Gasteiger partial charge in [-0.05, 0) is 78.5 Å². The third-order valence-corrected chi connectivity index (χ3v) is 7.22. The molecular formula is C20H26O4. The maximum atomic E-state index is 12.1. The lowest BCUT2D eigenvalue weighted by molar-refractivity contribution is -0.150. The lowest BCUT2D eigenvalue weighted by Crippen LogP contribution is -2.44. The molecule has 130 valence electrons. The predicted molar refractivity (Wildman–Crippen MR) is 89.6 cm³/mol. The second kappa shape index (κ2) is 5.48.